The van der Waals surface area contributed by atoms with Crippen LogP contribution in [-0.2, 0) is 0 Å². The van der Waals surface area contributed by atoms with Gasteiger partial charge in [-0.15, -0.1) is 0 Å². The van der Waals surface area contributed by atoms with Crippen LogP contribution in [0.5, 0.6) is 0 Å². The molecule has 59 heavy (non-hydrogen) atoms. The van der Waals surface area contributed by atoms with E-state index in [0.717, 1.165) is 61.4 Å². The van der Waals surface area contributed by atoms with Crippen molar-refractivity contribution in [2.45, 2.75) is 0 Å². The molecule has 10 aromatic carbocycles. The molecule has 0 aliphatic carbocycles. The standard InChI is InChI=1S/C56H38N2O/c1-4-13-39(14-5-1)41-25-30-46(31-26-41)57(47-32-27-42(28-33-47)40-15-6-2-7-16-40)48-19-12-20-49(36-48)58(45-17-8-3-9-18-45)50-34-29-43-23-24-44-35-56-54(38-53(44)52(43)37-50)51-21-10-11-22-55(51)59-56/h1-38H. The molecule has 0 bridgehead atoms. The van der Waals surface area contributed by atoms with E-state index in [1.54, 1.807) is 0 Å². The van der Waals surface area contributed by atoms with E-state index in [1.165, 1.54) is 38.4 Å². The molecule has 0 N–H and O–H groups in total. The smallest absolute Gasteiger partial charge is 0.136 e. The highest BCUT2D eigenvalue weighted by Gasteiger charge is 2.19. The van der Waals surface area contributed by atoms with Crippen LogP contribution < -0.4 is 9.80 Å². The predicted octanol–water partition coefficient (Wildman–Crippen LogP) is 16.2. The van der Waals surface area contributed by atoms with Gasteiger partial charge in [-0.2, -0.15) is 0 Å². The average molecular weight is 755 g/mol. The van der Waals surface area contributed by atoms with Crippen molar-refractivity contribution in [3.05, 3.63) is 231 Å². The van der Waals surface area contributed by atoms with Crippen molar-refractivity contribution in [3.63, 3.8) is 0 Å². The Labute approximate surface area is 343 Å². The molecule has 3 nitrogen and oxygen atoms in total. The summed E-state index contributed by atoms with van der Waals surface area (Å²) < 4.78 is 6.28. The quantitative estimate of drug-likeness (QED) is 0.144. The maximum Gasteiger partial charge on any atom is 0.136 e. The number of furan rings is 1. The Hall–Kier alpha value is -7.88. The number of fused-ring (bicyclic) bond motifs is 6. The Morgan fingerprint density at radius 3 is 1.32 bits per heavy atom. The normalized spacial score (nSPS) is 11.4. The Morgan fingerprint density at radius 1 is 0.237 bits per heavy atom. The zero-order chi connectivity index (χ0) is 39.1. The summed E-state index contributed by atoms with van der Waals surface area (Å²) in [6, 6.07) is 82.5. The van der Waals surface area contributed by atoms with Gasteiger partial charge < -0.3 is 14.2 Å². The highest BCUT2D eigenvalue weighted by atomic mass is 16.3. The molecule has 0 aliphatic heterocycles. The molecule has 0 saturated carbocycles. The number of benzene rings is 10. The molecule has 0 spiro atoms. The number of nitrogens with zero attached hydrogens (tertiary/aromatic N) is 2. The second-order valence-electron chi connectivity index (χ2n) is 15.0. The third kappa shape index (κ3) is 6.36. The Balaban J connectivity index is 1.05. The summed E-state index contributed by atoms with van der Waals surface area (Å²) in [5.74, 6) is 0. The summed E-state index contributed by atoms with van der Waals surface area (Å²) in [5, 5.41) is 7.01. The van der Waals surface area contributed by atoms with E-state index in [-0.39, 0.29) is 0 Å². The summed E-state index contributed by atoms with van der Waals surface area (Å²) in [6.45, 7) is 0. The second-order valence-corrected chi connectivity index (χ2v) is 15.0. The Bertz CT molecular complexity index is 3160. The van der Waals surface area contributed by atoms with E-state index in [1.807, 2.05) is 12.1 Å². The van der Waals surface area contributed by atoms with E-state index in [2.05, 4.69) is 228 Å². The molecule has 0 amide bonds. The summed E-state index contributed by atoms with van der Waals surface area (Å²) in [5.41, 5.74) is 13.0. The number of hydrogen-bond acceptors (Lipinski definition) is 3. The molecule has 3 heteroatoms. The maximum atomic E-state index is 6.28. The highest BCUT2D eigenvalue weighted by Crippen LogP contribution is 2.43. The molecule has 11 rings (SSSR count). The van der Waals surface area contributed by atoms with Gasteiger partial charge in [0.25, 0.3) is 0 Å². The first-order valence-corrected chi connectivity index (χ1v) is 20.1. The van der Waals surface area contributed by atoms with Gasteiger partial charge in [0.05, 0.1) is 0 Å². The number of rotatable bonds is 8. The van der Waals surface area contributed by atoms with Crippen molar-refractivity contribution in [2.75, 3.05) is 9.80 Å². The SMILES string of the molecule is c1ccc(-c2ccc(N(c3ccc(-c4ccccc4)cc3)c3cccc(N(c4ccccc4)c4ccc5ccc6cc7oc8ccccc8c7cc6c5c4)c3)cc2)cc1. The molecular weight excluding hydrogens is 717 g/mol. The van der Waals surface area contributed by atoms with Gasteiger partial charge in [-0.1, -0.05) is 146 Å². The first-order chi connectivity index (χ1) is 29.2. The minimum atomic E-state index is 0.908. The van der Waals surface area contributed by atoms with E-state index in [0.29, 0.717) is 0 Å². The molecule has 0 unspecified atom stereocenters. The average Bonchev–Trinajstić information content (AvgIpc) is 3.67. The van der Waals surface area contributed by atoms with E-state index < -0.39 is 0 Å². The summed E-state index contributed by atoms with van der Waals surface area (Å²) in [4.78, 5) is 4.72. The van der Waals surface area contributed by atoms with E-state index in [4.69, 9.17) is 4.42 Å². The fraction of sp³-hybridized carbons (Fsp3) is 0. The van der Waals surface area contributed by atoms with Gasteiger partial charge in [-0.05, 0) is 129 Å². The van der Waals surface area contributed by atoms with Crippen molar-refractivity contribution < 1.29 is 4.42 Å². The minimum absolute atomic E-state index is 0.908. The lowest BCUT2D eigenvalue weighted by Crippen LogP contribution is -2.13. The lowest BCUT2D eigenvalue weighted by molar-refractivity contribution is 0.669. The fourth-order valence-corrected chi connectivity index (χ4v) is 8.51. The Kier molecular flexibility index (Phi) is 8.49. The highest BCUT2D eigenvalue weighted by molar-refractivity contribution is 6.17. The van der Waals surface area contributed by atoms with Crippen LogP contribution in [0.4, 0.5) is 34.1 Å². The summed E-state index contributed by atoms with van der Waals surface area (Å²) >= 11 is 0. The van der Waals surface area contributed by atoms with Crippen molar-refractivity contribution >= 4 is 77.6 Å². The molecule has 0 saturated heterocycles. The van der Waals surface area contributed by atoms with Crippen LogP contribution in [0.15, 0.2) is 235 Å². The third-order valence-corrected chi connectivity index (χ3v) is 11.4. The molecular formula is C56H38N2O. The Morgan fingerprint density at radius 2 is 0.678 bits per heavy atom. The van der Waals surface area contributed by atoms with Crippen molar-refractivity contribution in [3.8, 4) is 22.3 Å². The van der Waals surface area contributed by atoms with Gasteiger partial charge >= 0.3 is 0 Å². The van der Waals surface area contributed by atoms with Crippen LogP contribution >= 0.6 is 0 Å². The van der Waals surface area contributed by atoms with Crippen molar-refractivity contribution in [2.24, 2.45) is 0 Å². The van der Waals surface area contributed by atoms with Crippen molar-refractivity contribution in [1.82, 2.24) is 0 Å². The van der Waals surface area contributed by atoms with E-state index in [9.17, 15) is 0 Å². The van der Waals surface area contributed by atoms with Gasteiger partial charge in [0.2, 0.25) is 0 Å². The van der Waals surface area contributed by atoms with Crippen LogP contribution in [-0.4, -0.2) is 0 Å². The lowest BCUT2D eigenvalue weighted by atomic mass is 9.99. The number of hydrogen-bond donors (Lipinski definition) is 0. The van der Waals surface area contributed by atoms with Gasteiger partial charge in [0.1, 0.15) is 11.2 Å². The summed E-state index contributed by atoms with van der Waals surface area (Å²) in [7, 11) is 0. The molecule has 0 fully saturated rings. The van der Waals surface area contributed by atoms with Crippen molar-refractivity contribution in [1.29, 1.82) is 0 Å². The monoisotopic (exact) mass is 754 g/mol. The number of para-hydroxylation sites is 2. The molecule has 11 aromatic rings. The molecule has 1 aromatic heterocycles. The lowest BCUT2D eigenvalue weighted by Gasteiger charge is -2.29. The van der Waals surface area contributed by atoms with Crippen LogP contribution in [0.1, 0.15) is 0 Å². The summed E-state index contributed by atoms with van der Waals surface area (Å²) in [6.07, 6.45) is 0. The predicted molar refractivity (Wildman–Crippen MR) is 249 cm³/mol. The number of anilines is 6. The third-order valence-electron chi connectivity index (χ3n) is 11.4. The first kappa shape index (κ1) is 34.4. The van der Waals surface area contributed by atoms with Crippen LogP contribution in [0.2, 0.25) is 0 Å². The topological polar surface area (TPSA) is 19.6 Å². The molecule has 278 valence electrons. The fourth-order valence-electron chi connectivity index (χ4n) is 8.51. The first-order valence-electron chi connectivity index (χ1n) is 20.1. The minimum Gasteiger partial charge on any atom is -0.456 e. The zero-order valence-corrected chi connectivity index (χ0v) is 32.2. The van der Waals surface area contributed by atoms with E-state index >= 15 is 0 Å². The van der Waals surface area contributed by atoms with Gasteiger partial charge in [-0.3, -0.25) is 0 Å². The molecule has 0 atom stereocenters. The molecule has 1 heterocycles. The zero-order valence-electron chi connectivity index (χ0n) is 32.2. The second kappa shape index (κ2) is 14.6. The maximum absolute atomic E-state index is 6.28. The molecule has 0 aliphatic rings. The van der Waals surface area contributed by atoms with Crippen LogP contribution in [0.25, 0.3) is 65.7 Å². The van der Waals surface area contributed by atoms with Gasteiger partial charge in [0.15, 0.2) is 0 Å². The van der Waals surface area contributed by atoms with Crippen LogP contribution in [0, 0.1) is 0 Å². The van der Waals surface area contributed by atoms with Gasteiger partial charge in [0, 0.05) is 44.9 Å². The largest absolute Gasteiger partial charge is 0.456 e. The molecule has 0 radical (unpaired) electrons. The van der Waals surface area contributed by atoms with Crippen LogP contribution in [0.3, 0.4) is 0 Å². The van der Waals surface area contributed by atoms with Gasteiger partial charge in [-0.25, -0.2) is 0 Å².